The molecule has 1 aromatic heterocycles. The molecule has 10 heavy (non-hydrogen) atoms. The van der Waals surface area contributed by atoms with Crippen LogP contribution in [0.4, 0.5) is 0 Å². The molecule has 0 aromatic carbocycles. The summed E-state index contributed by atoms with van der Waals surface area (Å²) >= 11 is 1.49. The van der Waals surface area contributed by atoms with Crippen LogP contribution in [0.2, 0.25) is 0 Å². The minimum atomic E-state index is -0.722. The predicted octanol–water partition coefficient (Wildman–Crippen LogP) is 1.72. The average Bonchev–Trinajstić information content (AvgIpc) is 2.34. The quantitative estimate of drug-likeness (QED) is 0.607. The molecule has 0 saturated heterocycles. The first-order valence-corrected chi connectivity index (χ1v) is 3.82. The molecule has 0 aliphatic carbocycles. The van der Waals surface area contributed by atoms with Crippen LogP contribution in [-0.4, -0.2) is 5.11 Å². The Kier molecular flexibility index (Phi) is 2.10. The van der Waals surface area contributed by atoms with Gasteiger partial charge in [-0.15, -0.1) is 17.8 Å². The number of hydrogen-bond acceptors (Lipinski definition) is 2. The van der Waals surface area contributed by atoms with E-state index in [2.05, 4.69) is 5.92 Å². The number of aryl methyl sites for hydroxylation is 1. The first-order valence-electron chi connectivity index (χ1n) is 2.94. The van der Waals surface area contributed by atoms with Gasteiger partial charge in [-0.1, -0.05) is 5.92 Å². The highest BCUT2D eigenvalue weighted by atomic mass is 32.1. The Hall–Kier alpha value is -0.780. The normalized spacial score (nSPS) is 12.5. The molecule has 0 bridgehead atoms. The first kappa shape index (κ1) is 7.33. The molecule has 1 aromatic rings. The Balaban J connectivity index is 2.96. The molecule has 0 spiro atoms. The summed E-state index contributed by atoms with van der Waals surface area (Å²) in [4.78, 5) is 0.877. The fourth-order valence-electron chi connectivity index (χ4n) is 0.740. The number of aliphatic hydroxyl groups excluding tert-OH is 1. The Bertz CT molecular complexity index is 256. The second-order valence-corrected chi connectivity index (χ2v) is 2.98. The van der Waals surface area contributed by atoms with Crippen LogP contribution < -0.4 is 0 Å². The van der Waals surface area contributed by atoms with E-state index in [4.69, 9.17) is 6.42 Å². The van der Waals surface area contributed by atoms with Gasteiger partial charge in [-0.05, 0) is 23.9 Å². The molecular formula is C8H8OS. The zero-order valence-electron chi connectivity index (χ0n) is 5.66. The van der Waals surface area contributed by atoms with Crippen molar-refractivity contribution in [3.63, 3.8) is 0 Å². The van der Waals surface area contributed by atoms with Gasteiger partial charge in [0.15, 0.2) is 0 Å². The second-order valence-electron chi connectivity index (χ2n) is 2.04. The van der Waals surface area contributed by atoms with Crippen molar-refractivity contribution in [3.05, 3.63) is 21.9 Å². The molecule has 1 unspecified atom stereocenters. The van der Waals surface area contributed by atoms with Crippen LogP contribution >= 0.6 is 11.3 Å². The topological polar surface area (TPSA) is 20.2 Å². The largest absolute Gasteiger partial charge is 0.375 e. The Morgan fingerprint density at radius 3 is 2.90 bits per heavy atom. The highest BCUT2D eigenvalue weighted by molar-refractivity contribution is 7.10. The maximum absolute atomic E-state index is 9.17. The van der Waals surface area contributed by atoms with Crippen LogP contribution in [0.5, 0.6) is 0 Å². The fourth-order valence-corrected chi connectivity index (χ4v) is 1.61. The predicted molar refractivity (Wildman–Crippen MR) is 42.8 cm³/mol. The summed E-state index contributed by atoms with van der Waals surface area (Å²) in [5, 5.41) is 11.1. The zero-order chi connectivity index (χ0) is 7.56. The Morgan fingerprint density at radius 1 is 1.80 bits per heavy atom. The van der Waals surface area contributed by atoms with E-state index < -0.39 is 6.10 Å². The zero-order valence-corrected chi connectivity index (χ0v) is 6.48. The van der Waals surface area contributed by atoms with Gasteiger partial charge in [0.2, 0.25) is 0 Å². The van der Waals surface area contributed by atoms with Crippen molar-refractivity contribution in [1.82, 2.24) is 0 Å². The van der Waals surface area contributed by atoms with Crippen LogP contribution in [0.15, 0.2) is 11.4 Å². The highest BCUT2D eigenvalue weighted by Gasteiger charge is 2.06. The first-order chi connectivity index (χ1) is 4.75. The molecule has 0 aliphatic rings. The van der Waals surface area contributed by atoms with Gasteiger partial charge in [0.1, 0.15) is 6.10 Å². The standard InChI is InChI=1S/C8H8OS/c1-3-7(9)8-6(2)4-5-10-8/h1,4-5,7,9H,2H3. The van der Waals surface area contributed by atoms with Gasteiger partial charge in [-0.25, -0.2) is 0 Å². The molecule has 0 radical (unpaired) electrons. The summed E-state index contributed by atoms with van der Waals surface area (Å²) in [6.45, 7) is 1.94. The number of aliphatic hydroxyl groups is 1. The lowest BCUT2D eigenvalue weighted by Crippen LogP contribution is -1.90. The van der Waals surface area contributed by atoms with E-state index in [1.54, 1.807) is 0 Å². The van der Waals surface area contributed by atoms with Crippen LogP contribution in [0.1, 0.15) is 16.5 Å². The molecule has 0 saturated carbocycles. The summed E-state index contributed by atoms with van der Waals surface area (Å²) < 4.78 is 0. The van der Waals surface area contributed by atoms with Crippen molar-refractivity contribution in [2.24, 2.45) is 0 Å². The smallest absolute Gasteiger partial charge is 0.149 e. The third-order valence-electron chi connectivity index (χ3n) is 1.31. The maximum Gasteiger partial charge on any atom is 0.149 e. The Labute approximate surface area is 64.3 Å². The third kappa shape index (κ3) is 1.21. The van der Waals surface area contributed by atoms with E-state index in [1.807, 2.05) is 18.4 Å². The Morgan fingerprint density at radius 2 is 2.50 bits per heavy atom. The SMILES string of the molecule is C#CC(O)c1sccc1C. The van der Waals surface area contributed by atoms with Crippen molar-refractivity contribution >= 4 is 11.3 Å². The highest BCUT2D eigenvalue weighted by Crippen LogP contribution is 2.22. The number of hydrogen-bond donors (Lipinski definition) is 1. The molecule has 1 nitrogen and oxygen atoms in total. The van der Waals surface area contributed by atoms with Gasteiger partial charge in [0.25, 0.3) is 0 Å². The van der Waals surface area contributed by atoms with Crippen LogP contribution in [-0.2, 0) is 0 Å². The van der Waals surface area contributed by atoms with Crippen molar-refractivity contribution in [2.75, 3.05) is 0 Å². The van der Waals surface area contributed by atoms with Gasteiger partial charge in [0.05, 0.1) is 0 Å². The lowest BCUT2D eigenvalue weighted by Gasteiger charge is -1.99. The number of terminal acetylenes is 1. The van der Waals surface area contributed by atoms with Crippen LogP contribution in [0, 0.1) is 19.3 Å². The molecule has 1 N–H and O–H groups in total. The van der Waals surface area contributed by atoms with E-state index in [0.717, 1.165) is 10.4 Å². The molecule has 0 fully saturated rings. The van der Waals surface area contributed by atoms with Gasteiger partial charge in [-0.2, -0.15) is 0 Å². The molecule has 1 rings (SSSR count). The molecular weight excluding hydrogens is 144 g/mol. The average molecular weight is 152 g/mol. The van der Waals surface area contributed by atoms with E-state index in [9.17, 15) is 5.11 Å². The summed E-state index contributed by atoms with van der Waals surface area (Å²) in [5.41, 5.74) is 1.07. The minimum absolute atomic E-state index is 0.722. The lowest BCUT2D eigenvalue weighted by atomic mass is 10.2. The molecule has 2 heteroatoms. The number of rotatable bonds is 1. The van der Waals surface area contributed by atoms with Crippen molar-refractivity contribution < 1.29 is 5.11 Å². The monoisotopic (exact) mass is 152 g/mol. The summed E-state index contributed by atoms with van der Waals surface area (Å²) in [6, 6.07) is 1.94. The van der Waals surface area contributed by atoms with E-state index in [0.29, 0.717) is 0 Å². The maximum atomic E-state index is 9.17. The van der Waals surface area contributed by atoms with Crippen LogP contribution in [0.3, 0.4) is 0 Å². The van der Waals surface area contributed by atoms with E-state index >= 15 is 0 Å². The summed E-state index contributed by atoms with van der Waals surface area (Å²) in [7, 11) is 0. The molecule has 0 amide bonds. The minimum Gasteiger partial charge on any atom is -0.375 e. The molecule has 1 heterocycles. The number of thiophene rings is 1. The lowest BCUT2D eigenvalue weighted by molar-refractivity contribution is 0.242. The molecule has 1 atom stereocenters. The van der Waals surface area contributed by atoms with Crippen molar-refractivity contribution in [1.29, 1.82) is 0 Å². The summed E-state index contributed by atoms with van der Waals surface area (Å²) in [6.07, 6.45) is 4.32. The summed E-state index contributed by atoms with van der Waals surface area (Å²) in [5.74, 6) is 2.27. The fraction of sp³-hybridized carbons (Fsp3) is 0.250. The third-order valence-corrected chi connectivity index (χ3v) is 2.38. The van der Waals surface area contributed by atoms with Crippen molar-refractivity contribution in [2.45, 2.75) is 13.0 Å². The van der Waals surface area contributed by atoms with Gasteiger partial charge >= 0.3 is 0 Å². The van der Waals surface area contributed by atoms with Crippen LogP contribution in [0.25, 0.3) is 0 Å². The van der Waals surface area contributed by atoms with Crippen molar-refractivity contribution in [3.8, 4) is 12.3 Å². The van der Waals surface area contributed by atoms with E-state index in [1.165, 1.54) is 11.3 Å². The molecule has 0 aliphatic heterocycles. The van der Waals surface area contributed by atoms with Gasteiger partial charge < -0.3 is 5.11 Å². The van der Waals surface area contributed by atoms with Gasteiger partial charge in [-0.3, -0.25) is 0 Å². The second kappa shape index (κ2) is 2.87. The van der Waals surface area contributed by atoms with E-state index in [-0.39, 0.29) is 0 Å². The molecule has 52 valence electrons. The van der Waals surface area contributed by atoms with Gasteiger partial charge in [0, 0.05) is 4.88 Å².